The van der Waals surface area contributed by atoms with Gasteiger partial charge >= 0.3 is 0 Å². The molecule has 1 amide bonds. The van der Waals surface area contributed by atoms with Crippen LogP contribution in [0.25, 0.3) is 11.3 Å². The Bertz CT molecular complexity index is 1360. The third-order valence-corrected chi connectivity index (χ3v) is 5.26. The Morgan fingerprint density at radius 3 is 2.74 bits per heavy atom. The summed E-state index contributed by atoms with van der Waals surface area (Å²) >= 11 is 0. The number of benzene rings is 2. The highest BCUT2D eigenvalue weighted by molar-refractivity contribution is 5.99. The summed E-state index contributed by atoms with van der Waals surface area (Å²) in [7, 11) is 1.81. The Morgan fingerprint density at radius 1 is 1.12 bits per heavy atom. The van der Waals surface area contributed by atoms with E-state index in [0.717, 1.165) is 11.3 Å². The molecule has 0 saturated carbocycles. The van der Waals surface area contributed by atoms with Crippen LogP contribution < -0.4 is 10.6 Å². The standard InChI is InChI=1S/C26H23FN6O/c1-33-14-12-21(32-33)17-30-26(34)23-9-10-24(22-8-3-2-6-19(22)16-28)31-25(23)29-13-11-18-5-4-7-20(27)15-18/h2-10,12,14-15H,11,13,17H2,1H3,(H,29,31)(H,30,34). The van der Waals surface area contributed by atoms with Crippen molar-refractivity contribution in [3.63, 3.8) is 0 Å². The van der Waals surface area contributed by atoms with E-state index in [1.54, 1.807) is 35.0 Å². The van der Waals surface area contributed by atoms with E-state index in [1.807, 2.05) is 37.5 Å². The number of nitrogens with one attached hydrogen (secondary N) is 2. The number of aromatic nitrogens is 3. The van der Waals surface area contributed by atoms with Crippen LogP contribution in [0.1, 0.15) is 27.2 Å². The molecule has 0 unspecified atom stereocenters. The SMILES string of the molecule is Cn1ccc(CNC(=O)c2ccc(-c3ccccc3C#N)nc2NCCc2cccc(F)c2)n1. The van der Waals surface area contributed by atoms with Gasteiger partial charge < -0.3 is 10.6 Å². The maximum Gasteiger partial charge on any atom is 0.255 e. The van der Waals surface area contributed by atoms with Gasteiger partial charge in [-0.3, -0.25) is 9.48 Å². The van der Waals surface area contributed by atoms with Crippen molar-refractivity contribution < 1.29 is 9.18 Å². The molecular formula is C26H23FN6O. The van der Waals surface area contributed by atoms with Crippen molar-refractivity contribution in [3.05, 3.63) is 101 Å². The molecule has 4 aromatic rings. The molecule has 0 aliphatic carbocycles. The van der Waals surface area contributed by atoms with Gasteiger partial charge in [0.15, 0.2) is 0 Å². The van der Waals surface area contributed by atoms with Crippen molar-refractivity contribution in [1.82, 2.24) is 20.1 Å². The number of halogens is 1. The highest BCUT2D eigenvalue weighted by atomic mass is 19.1. The fraction of sp³-hybridized carbons (Fsp3) is 0.154. The minimum atomic E-state index is -0.300. The molecule has 2 heterocycles. The summed E-state index contributed by atoms with van der Waals surface area (Å²) in [5.74, 6) is -0.202. The van der Waals surface area contributed by atoms with Crippen molar-refractivity contribution in [3.8, 4) is 17.3 Å². The van der Waals surface area contributed by atoms with Gasteiger partial charge in [0.25, 0.3) is 5.91 Å². The second-order valence-electron chi connectivity index (χ2n) is 7.72. The van der Waals surface area contributed by atoms with Crippen LogP contribution in [0.5, 0.6) is 0 Å². The molecule has 4 rings (SSSR count). The highest BCUT2D eigenvalue weighted by Gasteiger charge is 2.16. The van der Waals surface area contributed by atoms with E-state index in [2.05, 4.69) is 26.8 Å². The van der Waals surface area contributed by atoms with Crippen LogP contribution in [0.4, 0.5) is 10.2 Å². The summed E-state index contributed by atoms with van der Waals surface area (Å²) < 4.78 is 15.2. The number of nitrogens with zero attached hydrogens (tertiary/aromatic N) is 4. The predicted molar refractivity (Wildman–Crippen MR) is 127 cm³/mol. The van der Waals surface area contributed by atoms with Gasteiger partial charge in [0.1, 0.15) is 11.6 Å². The molecule has 2 aromatic heterocycles. The molecule has 7 nitrogen and oxygen atoms in total. The van der Waals surface area contributed by atoms with E-state index < -0.39 is 0 Å². The zero-order valence-corrected chi connectivity index (χ0v) is 18.6. The lowest BCUT2D eigenvalue weighted by Gasteiger charge is -2.14. The highest BCUT2D eigenvalue weighted by Crippen LogP contribution is 2.25. The molecule has 0 radical (unpaired) electrons. The Kier molecular flexibility index (Phi) is 6.94. The summed E-state index contributed by atoms with van der Waals surface area (Å²) in [4.78, 5) is 17.6. The summed E-state index contributed by atoms with van der Waals surface area (Å²) in [5, 5.41) is 19.8. The molecule has 0 bridgehead atoms. The minimum absolute atomic E-state index is 0.279. The fourth-order valence-electron chi connectivity index (χ4n) is 3.57. The van der Waals surface area contributed by atoms with Crippen molar-refractivity contribution in [2.45, 2.75) is 13.0 Å². The van der Waals surface area contributed by atoms with Gasteiger partial charge in [-0.05, 0) is 48.4 Å². The number of amides is 1. The largest absolute Gasteiger partial charge is 0.369 e. The number of nitriles is 1. The zero-order valence-electron chi connectivity index (χ0n) is 18.6. The molecule has 8 heteroatoms. The lowest BCUT2D eigenvalue weighted by atomic mass is 10.0. The Morgan fingerprint density at radius 2 is 1.97 bits per heavy atom. The third kappa shape index (κ3) is 5.45. The molecule has 0 aliphatic rings. The number of hydrogen-bond acceptors (Lipinski definition) is 5. The maximum absolute atomic E-state index is 13.5. The van der Waals surface area contributed by atoms with Gasteiger partial charge in [0, 0.05) is 25.4 Å². The molecule has 0 saturated heterocycles. The first kappa shape index (κ1) is 22.7. The second-order valence-corrected chi connectivity index (χ2v) is 7.72. The number of hydrogen-bond donors (Lipinski definition) is 2. The van der Waals surface area contributed by atoms with Crippen LogP contribution in [-0.4, -0.2) is 27.2 Å². The number of anilines is 1. The molecule has 0 fully saturated rings. The molecule has 2 N–H and O–H groups in total. The van der Waals surface area contributed by atoms with Crippen LogP contribution >= 0.6 is 0 Å². The second kappa shape index (κ2) is 10.4. The van der Waals surface area contributed by atoms with Crippen LogP contribution in [0.3, 0.4) is 0 Å². The Labute approximate surface area is 196 Å². The quantitative estimate of drug-likeness (QED) is 0.418. The molecule has 2 aromatic carbocycles. The van der Waals surface area contributed by atoms with Crippen molar-refractivity contribution >= 4 is 11.7 Å². The number of carbonyl (C=O) groups is 1. The molecule has 34 heavy (non-hydrogen) atoms. The number of carbonyl (C=O) groups excluding carboxylic acids is 1. The van der Waals surface area contributed by atoms with Gasteiger partial charge in [0.2, 0.25) is 0 Å². The summed E-state index contributed by atoms with van der Waals surface area (Å²) in [6, 6.07) is 21.0. The lowest BCUT2D eigenvalue weighted by molar-refractivity contribution is 0.0951. The van der Waals surface area contributed by atoms with Gasteiger partial charge in [-0.15, -0.1) is 0 Å². The van der Waals surface area contributed by atoms with Crippen LogP contribution in [0, 0.1) is 17.1 Å². The molecule has 170 valence electrons. The lowest BCUT2D eigenvalue weighted by Crippen LogP contribution is -2.25. The smallest absolute Gasteiger partial charge is 0.255 e. The third-order valence-electron chi connectivity index (χ3n) is 5.26. The average molecular weight is 455 g/mol. The molecule has 0 spiro atoms. The molecular weight excluding hydrogens is 431 g/mol. The van der Waals surface area contributed by atoms with Crippen molar-refractivity contribution in [1.29, 1.82) is 5.26 Å². The van der Waals surface area contributed by atoms with Crippen molar-refractivity contribution in [2.24, 2.45) is 7.05 Å². The average Bonchev–Trinajstić information content (AvgIpc) is 3.27. The van der Waals surface area contributed by atoms with Gasteiger partial charge in [0.05, 0.1) is 35.1 Å². The Balaban J connectivity index is 1.58. The zero-order chi connectivity index (χ0) is 23.9. The summed E-state index contributed by atoms with van der Waals surface area (Å²) in [6.45, 7) is 0.724. The van der Waals surface area contributed by atoms with E-state index in [4.69, 9.17) is 0 Å². The number of pyridine rings is 1. The predicted octanol–water partition coefficient (Wildman–Crippen LogP) is 4.08. The number of aryl methyl sites for hydroxylation is 1. The van der Waals surface area contributed by atoms with Gasteiger partial charge in [-0.2, -0.15) is 10.4 Å². The Hall–Kier alpha value is -4.51. The van der Waals surface area contributed by atoms with E-state index in [1.165, 1.54) is 12.1 Å². The minimum Gasteiger partial charge on any atom is -0.369 e. The first-order valence-electron chi connectivity index (χ1n) is 10.8. The van der Waals surface area contributed by atoms with Crippen LogP contribution in [0.2, 0.25) is 0 Å². The monoisotopic (exact) mass is 454 g/mol. The molecule has 0 atom stereocenters. The first-order chi connectivity index (χ1) is 16.5. The van der Waals surface area contributed by atoms with E-state index in [9.17, 15) is 14.4 Å². The fourth-order valence-corrected chi connectivity index (χ4v) is 3.57. The van der Waals surface area contributed by atoms with Gasteiger partial charge in [-0.25, -0.2) is 9.37 Å². The van der Waals surface area contributed by atoms with Crippen LogP contribution in [-0.2, 0) is 20.0 Å². The first-order valence-corrected chi connectivity index (χ1v) is 10.8. The number of rotatable bonds is 8. The van der Waals surface area contributed by atoms with E-state index >= 15 is 0 Å². The van der Waals surface area contributed by atoms with Gasteiger partial charge in [-0.1, -0.05) is 30.3 Å². The van der Waals surface area contributed by atoms with Crippen LogP contribution in [0.15, 0.2) is 72.9 Å². The normalized spacial score (nSPS) is 10.5. The van der Waals surface area contributed by atoms with E-state index in [-0.39, 0.29) is 18.3 Å². The molecule has 0 aliphatic heterocycles. The van der Waals surface area contributed by atoms with Crippen molar-refractivity contribution in [2.75, 3.05) is 11.9 Å². The van der Waals surface area contributed by atoms with E-state index in [0.29, 0.717) is 41.2 Å². The maximum atomic E-state index is 13.5. The summed E-state index contributed by atoms with van der Waals surface area (Å²) in [6.07, 6.45) is 2.36. The topological polar surface area (TPSA) is 95.6 Å². The summed E-state index contributed by atoms with van der Waals surface area (Å²) in [5.41, 5.74) is 3.69.